The Hall–Kier alpha value is 0.160. The van der Waals surface area contributed by atoms with Gasteiger partial charge in [-0.15, -0.1) is 11.6 Å². The van der Waals surface area contributed by atoms with Gasteiger partial charge < -0.3 is 5.11 Å². The molecule has 1 aliphatic rings. The molecule has 1 aliphatic carbocycles. The van der Waals surface area contributed by atoms with Gasteiger partial charge in [0.15, 0.2) is 0 Å². The predicted octanol–water partition coefficient (Wildman–Crippen LogP) is 1.87. The Bertz CT molecular complexity index is 337. The summed E-state index contributed by atoms with van der Waals surface area (Å²) in [5.74, 6) is 1.19. The van der Waals surface area contributed by atoms with Crippen LogP contribution in [0.15, 0.2) is 0 Å². The van der Waals surface area contributed by atoms with Crippen LogP contribution in [-0.2, 0) is 10.0 Å². The fourth-order valence-electron chi connectivity index (χ4n) is 2.37. The molecule has 0 bridgehead atoms. The summed E-state index contributed by atoms with van der Waals surface area (Å²) >= 11 is 5.54. The van der Waals surface area contributed by atoms with Gasteiger partial charge in [0, 0.05) is 5.88 Å². The first-order chi connectivity index (χ1) is 8.43. The van der Waals surface area contributed by atoms with Crippen LogP contribution in [0.2, 0.25) is 0 Å². The van der Waals surface area contributed by atoms with Crippen molar-refractivity contribution in [2.45, 2.75) is 51.0 Å². The highest BCUT2D eigenvalue weighted by atomic mass is 35.5. The third-order valence-electron chi connectivity index (χ3n) is 3.70. The molecule has 0 amide bonds. The van der Waals surface area contributed by atoms with Gasteiger partial charge in [-0.3, -0.25) is 0 Å². The average Bonchev–Trinajstić information content (AvgIpc) is 2.32. The van der Waals surface area contributed by atoms with Crippen LogP contribution in [0, 0.1) is 5.92 Å². The molecule has 0 aliphatic heterocycles. The summed E-state index contributed by atoms with van der Waals surface area (Å²) in [6, 6.07) is 0. The number of sulfonamides is 1. The smallest absolute Gasteiger partial charge is 0.212 e. The molecule has 0 aromatic rings. The van der Waals surface area contributed by atoms with Crippen LogP contribution in [0.3, 0.4) is 0 Å². The zero-order valence-corrected chi connectivity index (χ0v) is 12.6. The van der Waals surface area contributed by atoms with Crippen LogP contribution < -0.4 is 4.72 Å². The molecule has 0 aromatic carbocycles. The molecular formula is C12H24ClNO3S. The van der Waals surface area contributed by atoms with E-state index >= 15 is 0 Å². The molecule has 108 valence electrons. The van der Waals surface area contributed by atoms with Gasteiger partial charge in [-0.2, -0.15) is 0 Å². The van der Waals surface area contributed by atoms with Crippen molar-refractivity contribution < 1.29 is 13.5 Å². The second-order valence-electron chi connectivity index (χ2n) is 5.44. The predicted molar refractivity (Wildman–Crippen MR) is 74.3 cm³/mol. The van der Waals surface area contributed by atoms with Gasteiger partial charge in [-0.1, -0.05) is 6.92 Å². The van der Waals surface area contributed by atoms with Crippen LogP contribution in [0.4, 0.5) is 0 Å². The minimum atomic E-state index is -3.31. The Balaban J connectivity index is 2.56. The third-order valence-corrected chi connectivity index (χ3v) is 5.54. The van der Waals surface area contributed by atoms with Crippen LogP contribution in [0.1, 0.15) is 45.4 Å². The molecule has 0 radical (unpaired) electrons. The summed E-state index contributed by atoms with van der Waals surface area (Å²) in [5, 5.41) is 9.51. The number of aliphatic hydroxyl groups is 1. The first-order valence-electron chi connectivity index (χ1n) is 6.61. The van der Waals surface area contributed by atoms with Crippen molar-refractivity contribution in [2.24, 2.45) is 5.92 Å². The van der Waals surface area contributed by atoms with E-state index in [9.17, 15) is 13.5 Å². The van der Waals surface area contributed by atoms with Gasteiger partial charge in [0.2, 0.25) is 10.0 Å². The highest BCUT2D eigenvalue weighted by Crippen LogP contribution is 2.32. The van der Waals surface area contributed by atoms with Crippen molar-refractivity contribution in [3.63, 3.8) is 0 Å². The number of hydrogen-bond donors (Lipinski definition) is 2. The summed E-state index contributed by atoms with van der Waals surface area (Å²) in [5.41, 5.74) is -0.633. The third kappa shape index (κ3) is 5.03. The number of unbranched alkanes of at least 4 members (excludes halogenated alkanes) is 1. The molecule has 1 saturated carbocycles. The lowest BCUT2D eigenvalue weighted by Crippen LogP contribution is -2.53. The zero-order chi connectivity index (χ0) is 13.6. The molecule has 0 aromatic heterocycles. The Labute approximate surface area is 115 Å². The summed E-state index contributed by atoms with van der Waals surface area (Å²) < 4.78 is 26.6. The first-order valence-corrected chi connectivity index (χ1v) is 8.80. The van der Waals surface area contributed by atoms with E-state index in [4.69, 9.17) is 11.6 Å². The summed E-state index contributed by atoms with van der Waals surface area (Å²) in [6.07, 6.45) is 4.64. The summed E-state index contributed by atoms with van der Waals surface area (Å²) in [7, 11) is -3.31. The van der Waals surface area contributed by atoms with E-state index in [0.29, 0.717) is 24.6 Å². The lowest BCUT2D eigenvalue weighted by atomic mass is 9.78. The molecule has 0 spiro atoms. The number of nitrogens with one attached hydrogen (secondary N) is 1. The second-order valence-corrected chi connectivity index (χ2v) is 7.66. The van der Waals surface area contributed by atoms with Crippen molar-refractivity contribution in [3.8, 4) is 0 Å². The number of aliphatic hydroxyl groups excluding tert-OH is 1. The highest BCUT2D eigenvalue weighted by molar-refractivity contribution is 7.89. The van der Waals surface area contributed by atoms with Gasteiger partial charge in [0.1, 0.15) is 0 Å². The van der Waals surface area contributed by atoms with Crippen LogP contribution in [0.25, 0.3) is 0 Å². The molecule has 18 heavy (non-hydrogen) atoms. The maximum absolute atomic E-state index is 12.0. The van der Waals surface area contributed by atoms with Crippen molar-refractivity contribution >= 4 is 21.6 Å². The molecule has 1 fully saturated rings. The standard InChI is InChI=1S/C12H24ClNO3S/c1-11-4-6-12(10-15,7-5-11)14-18(16,17)9-3-2-8-13/h11,14-15H,2-10H2,1H3. The van der Waals surface area contributed by atoms with Crippen LogP contribution >= 0.6 is 11.6 Å². The molecule has 0 heterocycles. The maximum Gasteiger partial charge on any atom is 0.212 e. The van der Waals surface area contributed by atoms with Gasteiger partial charge in [-0.05, 0) is 44.4 Å². The highest BCUT2D eigenvalue weighted by Gasteiger charge is 2.36. The molecule has 2 N–H and O–H groups in total. The van der Waals surface area contributed by atoms with Crippen LogP contribution in [-0.4, -0.2) is 37.3 Å². The van der Waals surface area contributed by atoms with Gasteiger partial charge in [0.05, 0.1) is 17.9 Å². The summed E-state index contributed by atoms with van der Waals surface area (Å²) in [4.78, 5) is 0. The van der Waals surface area contributed by atoms with E-state index in [-0.39, 0.29) is 12.4 Å². The molecule has 4 nitrogen and oxygen atoms in total. The minimum Gasteiger partial charge on any atom is -0.394 e. The normalized spacial score (nSPS) is 29.4. The molecule has 1 rings (SSSR count). The number of halogens is 1. The number of rotatable bonds is 7. The van der Waals surface area contributed by atoms with E-state index in [0.717, 1.165) is 25.7 Å². The molecular weight excluding hydrogens is 274 g/mol. The Morgan fingerprint density at radius 1 is 1.33 bits per heavy atom. The Morgan fingerprint density at radius 2 is 1.94 bits per heavy atom. The van der Waals surface area contributed by atoms with E-state index in [1.54, 1.807) is 0 Å². The molecule has 0 unspecified atom stereocenters. The molecule has 0 atom stereocenters. The Morgan fingerprint density at radius 3 is 2.44 bits per heavy atom. The average molecular weight is 298 g/mol. The number of hydrogen-bond acceptors (Lipinski definition) is 3. The van der Waals surface area contributed by atoms with Gasteiger partial charge in [0.25, 0.3) is 0 Å². The van der Waals surface area contributed by atoms with E-state index < -0.39 is 15.6 Å². The minimum absolute atomic E-state index is 0.0943. The summed E-state index contributed by atoms with van der Waals surface area (Å²) in [6.45, 7) is 2.05. The Kier molecular flexibility index (Phi) is 6.38. The van der Waals surface area contributed by atoms with Crippen molar-refractivity contribution in [1.82, 2.24) is 4.72 Å². The van der Waals surface area contributed by atoms with Gasteiger partial charge >= 0.3 is 0 Å². The zero-order valence-electron chi connectivity index (χ0n) is 11.0. The number of alkyl halides is 1. The fourth-order valence-corrected chi connectivity index (χ4v) is 4.18. The lowest BCUT2D eigenvalue weighted by molar-refractivity contribution is 0.125. The second kappa shape index (κ2) is 7.08. The van der Waals surface area contributed by atoms with Crippen molar-refractivity contribution in [1.29, 1.82) is 0 Å². The van der Waals surface area contributed by atoms with E-state index in [1.165, 1.54) is 0 Å². The molecule has 6 heteroatoms. The van der Waals surface area contributed by atoms with Gasteiger partial charge in [-0.25, -0.2) is 13.1 Å². The lowest BCUT2D eigenvalue weighted by Gasteiger charge is -2.38. The van der Waals surface area contributed by atoms with Crippen molar-refractivity contribution in [2.75, 3.05) is 18.2 Å². The molecule has 0 saturated heterocycles. The largest absolute Gasteiger partial charge is 0.394 e. The maximum atomic E-state index is 12.0. The quantitative estimate of drug-likeness (QED) is 0.557. The SMILES string of the molecule is CC1CCC(CO)(NS(=O)(=O)CCCCCl)CC1. The fraction of sp³-hybridized carbons (Fsp3) is 1.00. The van der Waals surface area contributed by atoms with E-state index in [2.05, 4.69) is 11.6 Å². The van der Waals surface area contributed by atoms with Crippen LogP contribution in [0.5, 0.6) is 0 Å². The topological polar surface area (TPSA) is 66.4 Å². The first kappa shape index (κ1) is 16.2. The monoisotopic (exact) mass is 297 g/mol. The van der Waals surface area contributed by atoms with E-state index in [1.807, 2.05) is 0 Å². The van der Waals surface area contributed by atoms with Crippen molar-refractivity contribution in [3.05, 3.63) is 0 Å².